The van der Waals surface area contributed by atoms with Crippen molar-refractivity contribution >= 4 is 23.2 Å². The van der Waals surface area contributed by atoms with Crippen molar-refractivity contribution in [3.63, 3.8) is 0 Å². The molecule has 0 fully saturated rings. The molecular formula is C11H14ClNO. The summed E-state index contributed by atoms with van der Waals surface area (Å²) in [5.74, 6) is 0.0341. The lowest BCUT2D eigenvalue weighted by Gasteiger charge is -2.10. The lowest BCUT2D eigenvalue weighted by atomic mass is 10.1. The Kier molecular flexibility index (Phi) is 3.96. The number of amides is 1. The lowest BCUT2D eigenvalue weighted by Crippen LogP contribution is -2.19. The van der Waals surface area contributed by atoms with E-state index in [0.29, 0.717) is 10.7 Å². The summed E-state index contributed by atoms with van der Waals surface area (Å²) in [6, 6.07) is 7.23. The molecule has 14 heavy (non-hydrogen) atoms. The van der Waals surface area contributed by atoms with Crippen LogP contribution in [0.5, 0.6) is 0 Å². The van der Waals surface area contributed by atoms with Gasteiger partial charge in [0.25, 0.3) is 0 Å². The summed E-state index contributed by atoms with van der Waals surface area (Å²) in [7, 11) is 0. The number of hydrogen-bond donors (Lipinski definition) is 1. The molecule has 0 bridgehead atoms. The van der Waals surface area contributed by atoms with Gasteiger partial charge in [0.2, 0.25) is 5.91 Å². The molecule has 1 atom stereocenters. The Morgan fingerprint density at radius 2 is 2.14 bits per heavy atom. The van der Waals surface area contributed by atoms with Crippen molar-refractivity contribution < 1.29 is 4.79 Å². The number of halogens is 1. The fraction of sp³-hybridized carbons (Fsp3) is 0.364. The van der Waals surface area contributed by atoms with Crippen LogP contribution < -0.4 is 5.32 Å². The minimum absolute atomic E-state index is 0.0144. The molecule has 0 radical (unpaired) electrons. The molecule has 76 valence electrons. The van der Waals surface area contributed by atoms with E-state index in [0.717, 1.165) is 6.42 Å². The first-order chi connectivity index (χ1) is 6.65. The summed E-state index contributed by atoms with van der Waals surface area (Å²) in [5, 5.41) is 3.36. The van der Waals surface area contributed by atoms with Crippen molar-refractivity contribution in [2.24, 2.45) is 5.92 Å². The zero-order chi connectivity index (χ0) is 10.6. The van der Waals surface area contributed by atoms with Crippen molar-refractivity contribution in [2.75, 3.05) is 5.32 Å². The van der Waals surface area contributed by atoms with Crippen LogP contribution >= 0.6 is 11.6 Å². The van der Waals surface area contributed by atoms with Gasteiger partial charge in [0.1, 0.15) is 0 Å². The summed E-state index contributed by atoms with van der Waals surface area (Å²) in [6.45, 7) is 3.88. The van der Waals surface area contributed by atoms with Crippen LogP contribution in [0.15, 0.2) is 24.3 Å². The number of hydrogen-bond acceptors (Lipinski definition) is 1. The molecule has 0 aliphatic rings. The van der Waals surface area contributed by atoms with Crippen LogP contribution in [0.2, 0.25) is 5.02 Å². The van der Waals surface area contributed by atoms with E-state index in [1.165, 1.54) is 0 Å². The van der Waals surface area contributed by atoms with Crippen molar-refractivity contribution in [1.82, 2.24) is 0 Å². The van der Waals surface area contributed by atoms with E-state index < -0.39 is 0 Å². The van der Waals surface area contributed by atoms with Gasteiger partial charge in [-0.25, -0.2) is 0 Å². The molecule has 2 nitrogen and oxygen atoms in total. The van der Waals surface area contributed by atoms with Crippen LogP contribution in [0.1, 0.15) is 20.3 Å². The first-order valence-electron chi connectivity index (χ1n) is 4.70. The monoisotopic (exact) mass is 211 g/mol. The maximum absolute atomic E-state index is 11.5. The van der Waals surface area contributed by atoms with Gasteiger partial charge in [-0.2, -0.15) is 0 Å². The van der Waals surface area contributed by atoms with E-state index in [9.17, 15) is 4.79 Å². The lowest BCUT2D eigenvalue weighted by molar-refractivity contribution is -0.119. The molecule has 3 heteroatoms. The molecule has 1 amide bonds. The van der Waals surface area contributed by atoms with Crippen LogP contribution in [-0.2, 0) is 4.79 Å². The Labute approximate surface area is 89.3 Å². The van der Waals surface area contributed by atoms with Crippen molar-refractivity contribution in [1.29, 1.82) is 0 Å². The van der Waals surface area contributed by atoms with Gasteiger partial charge in [0.15, 0.2) is 0 Å². The van der Waals surface area contributed by atoms with Crippen LogP contribution in [0.4, 0.5) is 5.69 Å². The fourth-order valence-corrected chi connectivity index (χ4v) is 1.19. The zero-order valence-electron chi connectivity index (χ0n) is 8.38. The predicted octanol–water partition coefficient (Wildman–Crippen LogP) is 3.32. The molecule has 0 aliphatic carbocycles. The fourth-order valence-electron chi connectivity index (χ4n) is 1.00. The largest absolute Gasteiger partial charge is 0.325 e. The van der Waals surface area contributed by atoms with Crippen molar-refractivity contribution in [2.45, 2.75) is 20.3 Å². The summed E-state index contributed by atoms with van der Waals surface area (Å²) in [5.41, 5.74) is 0.680. The van der Waals surface area contributed by atoms with E-state index in [4.69, 9.17) is 11.6 Å². The molecule has 0 saturated carbocycles. The third-order valence-electron chi connectivity index (χ3n) is 2.19. The Balaban J connectivity index is 2.70. The predicted molar refractivity (Wildman–Crippen MR) is 59.5 cm³/mol. The smallest absolute Gasteiger partial charge is 0.227 e. The molecule has 1 aromatic carbocycles. The topological polar surface area (TPSA) is 29.1 Å². The number of para-hydroxylation sites is 1. The van der Waals surface area contributed by atoms with E-state index in [1.807, 2.05) is 26.0 Å². The van der Waals surface area contributed by atoms with Gasteiger partial charge in [-0.1, -0.05) is 37.6 Å². The minimum atomic E-state index is 0.0144. The highest BCUT2D eigenvalue weighted by Gasteiger charge is 2.11. The molecule has 0 saturated heterocycles. The van der Waals surface area contributed by atoms with E-state index in [-0.39, 0.29) is 11.8 Å². The van der Waals surface area contributed by atoms with Gasteiger partial charge in [0, 0.05) is 5.92 Å². The molecule has 1 aromatic rings. The van der Waals surface area contributed by atoms with Crippen LogP contribution in [-0.4, -0.2) is 5.91 Å². The average Bonchev–Trinajstić information content (AvgIpc) is 2.20. The summed E-state index contributed by atoms with van der Waals surface area (Å²) < 4.78 is 0. The van der Waals surface area contributed by atoms with Crippen LogP contribution in [0.25, 0.3) is 0 Å². The van der Waals surface area contributed by atoms with Crippen molar-refractivity contribution in [3.05, 3.63) is 29.3 Å². The SMILES string of the molecule is CCC(C)C(=O)Nc1ccccc1Cl. The molecule has 0 heterocycles. The quantitative estimate of drug-likeness (QED) is 0.817. The van der Waals surface area contributed by atoms with Gasteiger partial charge in [-0.15, -0.1) is 0 Å². The van der Waals surface area contributed by atoms with Gasteiger partial charge in [-0.05, 0) is 18.6 Å². The summed E-state index contributed by atoms with van der Waals surface area (Å²) in [4.78, 5) is 11.5. The molecule has 0 spiro atoms. The van der Waals surface area contributed by atoms with Gasteiger partial charge < -0.3 is 5.32 Å². The highest BCUT2D eigenvalue weighted by molar-refractivity contribution is 6.33. The molecule has 1 unspecified atom stereocenters. The number of carbonyl (C=O) groups excluding carboxylic acids is 1. The molecule has 0 aliphatic heterocycles. The van der Waals surface area contributed by atoms with Gasteiger partial charge in [0.05, 0.1) is 10.7 Å². The summed E-state index contributed by atoms with van der Waals surface area (Å²) >= 11 is 5.90. The summed E-state index contributed by atoms with van der Waals surface area (Å²) in [6.07, 6.45) is 0.830. The van der Waals surface area contributed by atoms with Gasteiger partial charge >= 0.3 is 0 Å². The van der Waals surface area contributed by atoms with Gasteiger partial charge in [-0.3, -0.25) is 4.79 Å². The second kappa shape index (κ2) is 5.01. The number of nitrogens with one attached hydrogen (secondary N) is 1. The van der Waals surface area contributed by atoms with Crippen LogP contribution in [0, 0.1) is 5.92 Å². The number of carbonyl (C=O) groups is 1. The standard InChI is InChI=1S/C11H14ClNO/c1-3-8(2)11(14)13-10-7-5-4-6-9(10)12/h4-8H,3H2,1-2H3,(H,13,14). The highest BCUT2D eigenvalue weighted by atomic mass is 35.5. The third kappa shape index (κ3) is 2.74. The van der Waals surface area contributed by atoms with E-state index >= 15 is 0 Å². The average molecular weight is 212 g/mol. The zero-order valence-corrected chi connectivity index (χ0v) is 9.14. The van der Waals surface area contributed by atoms with E-state index in [1.54, 1.807) is 12.1 Å². The Hall–Kier alpha value is -1.02. The number of benzene rings is 1. The first kappa shape index (κ1) is 11.1. The molecule has 1 N–H and O–H groups in total. The Bertz CT molecular complexity index is 325. The molecule has 0 aromatic heterocycles. The van der Waals surface area contributed by atoms with Crippen LogP contribution in [0.3, 0.4) is 0 Å². The molecular weight excluding hydrogens is 198 g/mol. The maximum atomic E-state index is 11.5. The second-order valence-electron chi connectivity index (χ2n) is 3.28. The number of rotatable bonds is 3. The second-order valence-corrected chi connectivity index (χ2v) is 3.69. The number of anilines is 1. The molecule has 1 rings (SSSR count). The highest BCUT2D eigenvalue weighted by Crippen LogP contribution is 2.21. The van der Waals surface area contributed by atoms with Crippen molar-refractivity contribution in [3.8, 4) is 0 Å². The first-order valence-corrected chi connectivity index (χ1v) is 5.08. The Morgan fingerprint density at radius 1 is 1.50 bits per heavy atom. The minimum Gasteiger partial charge on any atom is -0.325 e. The third-order valence-corrected chi connectivity index (χ3v) is 2.52. The maximum Gasteiger partial charge on any atom is 0.227 e. The normalized spacial score (nSPS) is 12.2. The Morgan fingerprint density at radius 3 is 2.71 bits per heavy atom. The van der Waals surface area contributed by atoms with E-state index in [2.05, 4.69) is 5.32 Å².